The van der Waals surface area contributed by atoms with Crippen LogP contribution in [0.15, 0.2) is 54.6 Å². The lowest BCUT2D eigenvalue weighted by Gasteiger charge is -2.39. The zero-order chi connectivity index (χ0) is 24.6. The van der Waals surface area contributed by atoms with Crippen LogP contribution in [-0.2, 0) is 18.4 Å². The van der Waals surface area contributed by atoms with E-state index in [9.17, 15) is 23.7 Å². The van der Waals surface area contributed by atoms with Crippen molar-refractivity contribution >= 4 is 31.1 Å². The second-order valence-corrected chi connectivity index (χ2v) is 11.8. The first-order valence-electron chi connectivity index (χ1n) is 10.7. The van der Waals surface area contributed by atoms with Crippen molar-refractivity contribution in [3.8, 4) is 0 Å². The van der Waals surface area contributed by atoms with Gasteiger partial charge in [-0.3, -0.25) is 14.2 Å². The van der Waals surface area contributed by atoms with Crippen LogP contribution in [0.4, 0.5) is 4.39 Å². The normalized spacial score (nSPS) is 14.0. The molecule has 2 aromatic rings. The Morgan fingerprint density at radius 2 is 1.58 bits per heavy atom. The summed E-state index contributed by atoms with van der Waals surface area (Å²) in [6, 6.07) is 14.1. The number of carboxylic acids is 1. The zero-order valence-corrected chi connectivity index (χ0v) is 20.9. The molecule has 0 aliphatic carbocycles. The van der Waals surface area contributed by atoms with E-state index >= 15 is 0 Å². The largest absolute Gasteiger partial charge is 0.481 e. The van der Waals surface area contributed by atoms with Gasteiger partial charge in [-0.1, -0.05) is 30.3 Å². The lowest BCUT2D eigenvalue weighted by atomic mass is 10.0. The number of carboxylic acid groups (broad SMARTS) is 1. The van der Waals surface area contributed by atoms with Crippen LogP contribution in [0.25, 0.3) is 0 Å². The fraction of sp³-hybridized carbons (Fsp3) is 0.417. The monoisotopic (exact) mass is 496 g/mol. The first kappa shape index (κ1) is 27.3. The van der Waals surface area contributed by atoms with Gasteiger partial charge in [0.2, 0.25) is 0 Å². The van der Waals surface area contributed by atoms with Crippen molar-refractivity contribution in [2.75, 3.05) is 13.2 Å². The number of hydrogen-bond donors (Lipinski definition) is 1. The summed E-state index contributed by atoms with van der Waals surface area (Å²) in [5.74, 6) is -1.86. The number of benzene rings is 2. The maximum atomic E-state index is 13.7. The van der Waals surface area contributed by atoms with E-state index in [-0.39, 0.29) is 25.4 Å². The highest BCUT2D eigenvalue weighted by Crippen LogP contribution is 2.64. The van der Waals surface area contributed by atoms with Crippen LogP contribution in [0.2, 0.25) is 0 Å². The predicted molar refractivity (Wildman–Crippen MR) is 128 cm³/mol. The van der Waals surface area contributed by atoms with Crippen molar-refractivity contribution in [1.82, 2.24) is 0 Å². The average molecular weight is 497 g/mol. The van der Waals surface area contributed by atoms with Crippen LogP contribution in [0.5, 0.6) is 0 Å². The topological polar surface area (TPSA) is 89.9 Å². The molecule has 0 saturated carbocycles. The number of carbonyl (C=O) groups excluding carboxylic acids is 1. The predicted octanol–water partition coefficient (Wildman–Crippen LogP) is 6.37. The molecule has 0 bridgehead atoms. The van der Waals surface area contributed by atoms with E-state index in [1.165, 1.54) is 24.3 Å². The van der Waals surface area contributed by atoms with Crippen molar-refractivity contribution in [3.05, 3.63) is 71.5 Å². The molecule has 2 unspecified atom stereocenters. The summed E-state index contributed by atoms with van der Waals surface area (Å²) in [4.78, 5) is 25.3. The first-order valence-corrected chi connectivity index (χ1v) is 13.2. The number of carbonyl (C=O) groups is 2. The van der Waals surface area contributed by atoms with Gasteiger partial charge in [-0.05, 0) is 57.5 Å². The Hall–Kier alpha value is -1.99. The Kier molecular flexibility index (Phi) is 9.85. The van der Waals surface area contributed by atoms with Crippen LogP contribution >= 0.6 is 19.4 Å². The number of halogens is 1. The molecule has 1 N–H and O–H groups in total. The molecule has 0 fully saturated rings. The molecular formula is C24H30FO6PS. The van der Waals surface area contributed by atoms with Crippen molar-refractivity contribution < 1.29 is 32.7 Å². The fourth-order valence-corrected chi connectivity index (χ4v) is 7.27. The average Bonchev–Trinajstić information content (AvgIpc) is 2.77. The Labute approximate surface area is 198 Å². The van der Waals surface area contributed by atoms with Crippen LogP contribution in [0.1, 0.15) is 55.3 Å². The third-order valence-electron chi connectivity index (χ3n) is 5.22. The summed E-state index contributed by atoms with van der Waals surface area (Å²) in [6.07, 6.45) is -0.359. The van der Waals surface area contributed by atoms with E-state index in [4.69, 9.17) is 9.05 Å². The number of rotatable bonds is 13. The van der Waals surface area contributed by atoms with Gasteiger partial charge in [-0.15, -0.1) is 11.8 Å². The highest BCUT2D eigenvalue weighted by molar-refractivity contribution is 8.01. The SMILES string of the molecule is CCOP(=O)(OCC)C(C)(C)C(CC(=O)O)SC(C(=O)c1ccc(F)cc1)c1ccccc1. The molecule has 6 nitrogen and oxygen atoms in total. The van der Waals surface area contributed by atoms with Crippen molar-refractivity contribution in [2.45, 2.75) is 49.8 Å². The lowest BCUT2D eigenvalue weighted by molar-refractivity contribution is -0.137. The van der Waals surface area contributed by atoms with Crippen LogP contribution < -0.4 is 0 Å². The lowest BCUT2D eigenvalue weighted by Crippen LogP contribution is -2.38. The van der Waals surface area contributed by atoms with E-state index in [0.29, 0.717) is 11.1 Å². The van der Waals surface area contributed by atoms with Gasteiger partial charge in [0.1, 0.15) is 5.82 Å². The third-order valence-corrected chi connectivity index (χ3v) is 10.2. The Morgan fingerprint density at radius 1 is 1.03 bits per heavy atom. The van der Waals surface area contributed by atoms with Crippen LogP contribution in [0.3, 0.4) is 0 Å². The molecule has 2 atom stereocenters. The van der Waals surface area contributed by atoms with Gasteiger partial charge >= 0.3 is 13.6 Å². The molecule has 9 heteroatoms. The standard InChI is InChI=1S/C24H30FO6PS/c1-5-30-32(29,31-6-2)24(3,4)20(16-21(26)27)33-23(18-10-8-7-9-11-18)22(28)17-12-14-19(25)15-13-17/h7-15,20,23H,5-6,16H2,1-4H3,(H,26,27). The second kappa shape index (κ2) is 11.9. The molecule has 0 amide bonds. The molecule has 0 aliphatic heterocycles. The number of ketones is 1. The summed E-state index contributed by atoms with van der Waals surface area (Å²) in [6.45, 7) is 6.91. The van der Waals surface area contributed by atoms with Gasteiger partial charge in [0, 0.05) is 10.8 Å². The highest BCUT2D eigenvalue weighted by Gasteiger charge is 2.51. The summed E-state index contributed by atoms with van der Waals surface area (Å²) in [7, 11) is -3.74. The van der Waals surface area contributed by atoms with Gasteiger partial charge in [0.15, 0.2) is 5.78 Å². The van der Waals surface area contributed by atoms with Crippen molar-refractivity contribution in [3.63, 3.8) is 0 Å². The minimum Gasteiger partial charge on any atom is -0.481 e. The maximum absolute atomic E-state index is 13.7. The second-order valence-electron chi connectivity index (χ2n) is 7.87. The summed E-state index contributed by atoms with van der Waals surface area (Å²) in [5, 5.41) is 6.80. The van der Waals surface area contributed by atoms with Crippen molar-refractivity contribution in [2.24, 2.45) is 0 Å². The third kappa shape index (κ3) is 6.76. The smallest absolute Gasteiger partial charge is 0.337 e. The summed E-state index contributed by atoms with van der Waals surface area (Å²) < 4.78 is 38.2. The number of hydrogen-bond acceptors (Lipinski definition) is 6. The summed E-state index contributed by atoms with van der Waals surface area (Å²) >= 11 is 1.11. The van der Waals surface area contributed by atoms with Gasteiger partial charge in [0.05, 0.1) is 30.0 Å². The number of aliphatic carboxylic acids is 1. The minimum atomic E-state index is -3.74. The van der Waals surface area contributed by atoms with Gasteiger partial charge in [0.25, 0.3) is 0 Å². The molecule has 2 aromatic carbocycles. The first-order chi connectivity index (χ1) is 15.6. The molecule has 0 spiro atoms. The molecule has 0 radical (unpaired) electrons. The molecule has 0 aromatic heterocycles. The molecule has 33 heavy (non-hydrogen) atoms. The fourth-order valence-electron chi connectivity index (χ4n) is 3.36. The van der Waals surface area contributed by atoms with E-state index in [1.54, 1.807) is 52.0 Å². The molecular weight excluding hydrogens is 466 g/mol. The number of Topliss-reactive ketones (excluding diaryl/α,β-unsaturated/α-hetero) is 1. The van der Waals surface area contributed by atoms with Crippen LogP contribution in [0, 0.1) is 5.82 Å². The summed E-state index contributed by atoms with van der Waals surface area (Å²) in [5.41, 5.74) is 0.952. The van der Waals surface area contributed by atoms with E-state index in [0.717, 1.165) is 11.8 Å². The molecule has 2 rings (SSSR count). The molecule has 0 aliphatic rings. The quantitative estimate of drug-likeness (QED) is 0.254. The molecule has 180 valence electrons. The number of thioether (sulfide) groups is 1. The van der Waals surface area contributed by atoms with Crippen LogP contribution in [-0.4, -0.2) is 40.5 Å². The van der Waals surface area contributed by atoms with E-state index in [2.05, 4.69) is 0 Å². The maximum Gasteiger partial charge on any atom is 0.337 e. The minimum absolute atomic E-state index is 0.127. The van der Waals surface area contributed by atoms with Gasteiger partial charge in [-0.2, -0.15) is 0 Å². The van der Waals surface area contributed by atoms with E-state index < -0.39 is 35.0 Å². The highest BCUT2D eigenvalue weighted by atomic mass is 32.2. The van der Waals surface area contributed by atoms with E-state index in [1.807, 2.05) is 6.07 Å². The Morgan fingerprint density at radius 3 is 2.06 bits per heavy atom. The van der Waals surface area contributed by atoms with Gasteiger partial charge < -0.3 is 14.2 Å². The molecule has 0 heterocycles. The Balaban J connectivity index is 2.54. The van der Waals surface area contributed by atoms with Crippen molar-refractivity contribution in [1.29, 1.82) is 0 Å². The Bertz CT molecular complexity index is 970. The zero-order valence-electron chi connectivity index (χ0n) is 19.2. The van der Waals surface area contributed by atoms with Gasteiger partial charge in [-0.25, -0.2) is 4.39 Å². The molecule has 0 saturated heterocycles.